The minimum atomic E-state index is -0.370. The molecule has 1 saturated carbocycles. The van der Waals surface area contributed by atoms with Gasteiger partial charge < -0.3 is 16.0 Å². The average molecular weight is 460 g/mol. The molecule has 34 heavy (non-hydrogen) atoms. The van der Waals surface area contributed by atoms with Crippen molar-refractivity contribution < 1.29 is 4.79 Å². The third-order valence-electron chi connectivity index (χ3n) is 6.93. The van der Waals surface area contributed by atoms with E-state index < -0.39 is 0 Å². The fourth-order valence-electron chi connectivity index (χ4n) is 5.09. The molecular weight excluding hydrogens is 422 g/mol. The maximum atomic E-state index is 12.4. The summed E-state index contributed by atoms with van der Waals surface area (Å²) >= 11 is 0. The van der Waals surface area contributed by atoms with E-state index in [1.807, 2.05) is 24.3 Å². The van der Waals surface area contributed by atoms with Gasteiger partial charge in [-0.25, -0.2) is 9.78 Å². The van der Waals surface area contributed by atoms with Gasteiger partial charge in [-0.15, -0.1) is 0 Å². The number of hydrogen-bond acceptors (Lipinski definition) is 4. The highest BCUT2D eigenvalue weighted by molar-refractivity contribution is 5.93. The van der Waals surface area contributed by atoms with Crippen LogP contribution in [0.1, 0.15) is 51.0 Å². The van der Waals surface area contributed by atoms with Gasteiger partial charge in [0.2, 0.25) is 0 Å². The van der Waals surface area contributed by atoms with Gasteiger partial charge in [-0.3, -0.25) is 4.90 Å². The summed E-state index contributed by atoms with van der Waals surface area (Å²) in [5.74, 6) is 1.70. The molecule has 0 aliphatic heterocycles. The van der Waals surface area contributed by atoms with E-state index in [1.54, 1.807) is 4.90 Å². The van der Waals surface area contributed by atoms with Gasteiger partial charge in [-0.1, -0.05) is 50.2 Å². The standard InChI is InChI=1S/C28H37N5O/c1-19(2)22-9-6-8-12-25(22)33(28(29)34)18-20-13-15-21(16-14-20)30-27-17-26(32(3)4)23-10-5-7-11-24(23)31-27/h5-12,17,19-21H,13-16,18H2,1-4H3,(H2,29,34)(H,30,31)/t20-,21+. The van der Waals surface area contributed by atoms with Crippen molar-refractivity contribution in [3.05, 3.63) is 60.2 Å². The predicted octanol–water partition coefficient (Wildman–Crippen LogP) is 5.98. The lowest BCUT2D eigenvalue weighted by atomic mass is 9.85. The Labute approximate surface area is 203 Å². The molecule has 180 valence electrons. The number of pyridine rings is 1. The summed E-state index contributed by atoms with van der Waals surface area (Å²) in [6.45, 7) is 4.97. The molecule has 6 nitrogen and oxygen atoms in total. The molecule has 6 heteroatoms. The summed E-state index contributed by atoms with van der Waals surface area (Å²) in [5, 5.41) is 4.84. The van der Waals surface area contributed by atoms with Crippen LogP contribution in [0.5, 0.6) is 0 Å². The summed E-state index contributed by atoms with van der Waals surface area (Å²) in [7, 11) is 4.14. The second kappa shape index (κ2) is 10.3. The van der Waals surface area contributed by atoms with E-state index >= 15 is 0 Å². The van der Waals surface area contributed by atoms with Crippen LogP contribution in [0, 0.1) is 5.92 Å². The third-order valence-corrected chi connectivity index (χ3v) is 6.93. The van der Waals surface area contributed by atoms with Crippen molar-refractivity contribution in [3.8, 4) is 0 Å². The first-order valence-electron chi connectivity index (χ1n) is 12.3. The van der Waals surface area contributed by atoms with Crippen LogP contribution in [0.2, 0.25) is 0 Å². The zero-order valence-electron chi connectivity index (χ0n) is 20.8. The number of amides is 2. The second-order valence-electron chi connectivity index (χ2n) is 9.96. The predicted molar refractivity (Wildman–Crippen MR) is 143 cm³/mol. The molecule has 1 aliphatic rings. The number of nitrogens with zero attached hydrogens (tertiary/aromatic N) is 3. The number of carbonyl (C=O) groups excluding carboxylic acids is 1. The lowest BCUT2D eigenvalue weighted by Crippen LogP contribution is -2.41. The quantitative estimate of drug-likeness (QED) is 0.456. The SMILES string of the molecule is CC(C)c1ccccc1N(C[C@H]1CC[C@@H](Nc2cc(N(C)C)c3ccccc3n2)CC1)C(N)=O. The van der Waals surface area contributed by atoms with Gasteiger partial charge in [-0.2, -0.15) is 0 Å². The van der Waals surface area contributed by atoms with Crippen LogP contribution < -0.4 is 20.9 Å². The summed E-state index contributed by atoms with van der Waals surface area (Å²) in [6, 6.07) is 18.5. The number of carbonyl (C=O) groups is 1. The molecule has 3 N–H and O–H groups in total. The zero-order valence-corrected chi connectivity index (χ0v) is 20.8. The van der Waals surface area contributed by atoms with Crippen LogP contribution in [-0.4, -0.2) is 37.7 Å². The van der Waals surface area contributed by atoms with Crippen molar-refractivity contribution in [2.24, 2.45) is 11.7 Å². The highest BCUT2D eigenvalue weighted by Crippen LogP contribution is 2.33. The van der Waals surface area contributed by atoms with Gasteiger partial charge in [0.1, 0.15) is 5.82 Å². The lowest BCUT2D eigenvalue weighted by Gasteiger charge is -2.33. The van der Waals surface area contributed by atoms with Gasteiger partial charge in [-0.05, 0) is 55.2 Å². The summed E-state index contributed by atoms with van der Waals surface area (Å²) in [4.78, 5) is 21.2. The monoisotopic (exact) mass is 459 g/mol. The molecule has 4 rings (SSSR count). The number of aromatic nitrogens is 1. The van der Waals surface area contributed by atoms with E-state index in [-0.39, 0.29) is 6.03 Å². The number of fused-ring (bicyclic) bond motifs is 1. The summed E-state index contributed by atoms with van der Waals surface area (Å²) in [6.07, 6.45) is 4.21. The average Bonchev–Trinajstić information content (AvgIpc) is 2.82. The minimum absolute atomic E-state index is 0.333. The molecule has 2 aromatic carbocycles. The Balaban J connectivity index is 1.42. The largest absolute Gasteiger partial charge is 0.377 e. The van der Waals surface area contributed by atoms with Crippen molar-refractivity contribution in [2.45, 2.75) is 51.5 Å². The molecular formula is C28H37N5O. The van der Waals surface area contributed by atoms with Crippen LogP contribution >= 0.6 is 0 Å². The van der Waals surface area contributed by atoms with Crippen LogP contribution in [0.3, 0.4) is 0 Å². The molecule has 1 aromatic heterocycles. The van der Waals surface area contributed by atoms with Gasteiger partial charge >= 0.3 is 6.03 Å². The van der Waals surface area contributed by atoms with E-state index in [0.717, 1.165) is 53.7 Å². The van der Waals surface area contributed by atoms with Crippen molar-refractivity contribution in [1.82, 2.24) is 4.98 Å². The molecule has 0 saturated heterocycles. The number of primary amides is 1. The third kappa shape index (κ3) is 5.27. The van der Waals surface area contributed by atoms with E-state index in [1.165, 1.54) is 5.69 Å². The number of anilines is 3. The molecule has 2 amide bonds. The van der Waals surface area contributed by atoms with Crippen LogP contribution in [0.25, 0.3) is 10.9 Å². The molecule has 1 aliphatic carbocycles. The first-order valence-corrected chi connectivity index (χ1v) is 12.3. The van der Waals surface area contributed by atoms with E-state index in [4.69, 9.17) is 10.7 Å². The molecule has 0 atom stereocenters. The molecule has 0 unspecified atom stereocenters. The molecule has 3 aromatic rings. The van der Waals surface area contributed by atoms with Crippen molar-refractivity contribution in [1.29, 1.82) is 0 Å². The Morgan fingerprint density at radius 1 is 1.03 bits per heavy atom. The second-order valence-corrected chi connectivity index (χ2v) is 9.96. The van der Waals surface area contributed by atoms with Crippen LogP contribution in [0.4, 0.5) is 22.0 Å². The fourth-order valence-corrected chi connectivity index (χ4v) is 5.09. The van der Waals surface area contributed by atoms with Crippen LogP contribution in [-0.2, 0) is 0 Å². The Hall–Kier alpha value is -3.28. The lowest BCUT2D eigenvalue weighted by molar-refractivity contribution is 0.250. The zero-order chi connectivity index (χ0) is 24.2. The van der Waals surface area contributed by atoms with Crippen molar-refractivity contribution >= 4 is 34.1 Å². The van der Waals surface area contributed by atoms with Gasteiger partial charge in [0.15, 0.2) is 0 Å². The number of para-hydroxylation sites is 2. The van der Waals surface area contributed by atoms with Gasteiger partial charge in [0.05, 0.1) is 5.52 Å². The molecule has 0 bridgehead atoms. The van der Waals surface area contributed by atoms with Crippen molar-refractivity contribution in [3.63, 3.8) is 0 Å². The molecule has 1 fully saturated rings. The van der Waals surface area contributed by atoms with E-state index in [2.05, 4.69) is 68.5 Å². The number of hydrogen-bond donors (Lipinski definition) is 2. The minimum Gasteiger partial charge on any atom is -0.377 e. The molecule has 1 heterocycles. The Morgan fingerprint density at radius 3 is 2.38 bits per heavy atom. The maximum Gasteiger partial charge on any atom is 0.319 e. The topological polar surface area (TPSA) is 74.5 Å². The highest BCUT2D eigenvalue weighted by Gasteiger charge is 2.26. The van der Waals surface area contributed by atoms with Crippen molar-refractivity contribution in [2.75, 3.05) is 35.8 Å². The van der Waals surface area contributed by atoms with Gasteiger partial charge in [0, 0.05) is 49.5 Å². The summed E-state index contributed by atoms with van der Waals surface area (Å²) in [5.41, 5.74) is 10.1. The van der Waals surface area contributed by atoms with E-state index in [9.17, 15) is 4.79 Å². The number of benzene rings is 2. The first-order chi connectivity index (χ1) is 16.3. The van der Waals surface area contributed by atoms with Gasteiger partial charge in [0.25, 0.3) is 0 Å². The number of nitrogens with two attached hydrogens (primary N) is 1. The summed E-state index contributed by atoms with van der Waals surface area (Å²) < 4.78 is 0. The maximum absolute atomic E-state index is 12.4. The molecule has 0 radical (unpaired) electrons. The highest BCUT2D eigenvalue weighted by atomic mass is 16.2. The Bertz CT molecular complexity index is 1130. The normalized spacial score (nSPS) is 18.1. The molecule has 0 spiro atoms. The van der Waals surface area contributed by atoms with E-state index in [0.29, 0.717) is 24.4 Å². The van der Waals surface area contributed by atoms with Crippen LogP contribution in [0.15, 0.2) is 54.6 Å². The Kier molecular flexibility index (Phi) is 7.25. The Morgan fingerprint density at radius 2 is 1.71 bits per heavy atom. The number of urea groups is 1. The fraction of sp³-hybridized carbons (Fsp3) is 0.429. The smallest absolute Gasteiger partial charge is 0.319 e. The number of rotatable bonds is 7. The number of nitrogens with one attached hydrogen (secondary N) is 1. The first kappa shape index (κ1) is 23.9.